The van der Waals surface area contributed by atoms with E-state index in [-0.39, 0.29) is 58.2 Å². The fraction of sp³-hybridized carbons (Fsp3) is 0.250. The van der Waals surface area contributed by atoms with E-state index in [1.165, 1.54) is 36.8 Å². The number of rotatable bonds is 7. The van der Waals surface area contributed by atoms with Crippen LogP contribution in [0.2, 0.25) is 0 Å². The summed E-state index contributed by atoms with van der Waals surface area (Å²) in [6, 6.07) is 7.21. The molecule has 5 rings (SSSR count). The summed E-state index contributed by atoms with van der Waals surface area (Å²) in [7, 11) is 0. The molecule has 0 aliphatic carbocycles. The number of carbonyl (C=O) groups is 2. The van der Waals surface area contributed by atoms with E-state index in [9.17, 15) is 22.8 Å². The quantitative estimate of drug-likeness (QED) is 0.331. The molecule has 206 valence electrons. The first-order valence-electron chi connectivity index (χ1n) is 12.4. The summed E-state index contributed by atoms with van der Waals surface area (Å²) >= 11 is 0. The minimum atomic E-state index is -4.71. The largest absolute Gasteiger partial charge is 0.460 e. The van der Waals surface area contributed by atoms with Crippen molar-refractivity contribution in [3.05, 3.63) is 77.4 Å². The van der Waals surface area contributed by atoms with Crippen molar-refractivity contribution in [2.45, 2.75) is 19.0 Å². The van der Waals surface area contributed by atoms with Crippen LogP contribution in [0, 0.1) is 0 Å². The maximum Gasteiger partial charge on any atom is 0.420 e. The van der Waals surface area contributed by atoms with Crippen LogP contribution in [0.15, 0.2) is 59.4 Å². The van der Waals surface area contributed by atoms with Crippen LogP contribution in [0.5, 0.6) is 0 Å². The molecule has 0 unspecified atom stereocenters. The van der Waals surface area contributed by atoms with Gasteiger partial charge in [0.25, 0.3) is 5.91 Å². The minimum absolute atomic E-state index is 0.0335. The van der Waals surface area contributed by atoms with Crippen LogP contribution in [-0.2, 0) is 22.1 Å². The van der Waals surface area contributed by atoms with Crippen LogP contribution in [0.1, 0.15) is 33.7 Å². The van der Waals surface area contributed by atoms with Gasteiger partial charge >= 0.3 is 6.18 Å². The molecular formula is C28H24F3N5O4. The molecule has 1 aliphatic heterocycles. The number of hydrogen-bond donors (Lipinski definition) is 1. The molecule has 4 heterocycles. The van der Waals surface area contributed by atoms with Crippen LogP contribution in [-0.4, -0.2) is 57.8 Å². The van der Waals surface area contributed by atoms with Gasteiger partial charge in [-0.3, -0.25) is 9.59 Å². The minimum Gasteiger partial charge on any atom is -0.460 e. The van der Waals surface area contributed by atoms with E-state index >= 15 is 0 Å². The van der Waals surface area contributed by atoms with Crippen LogP contribution < -0.4 is 5.73 Å². The maximum atomic E-state index is 14.0. The number of ketones is 1. The van der Waals surface area contributed by atoms with Crippen LogP contribution in [0.4, 0.5) is 19.0 Å². The molecule has 3 aromatic heterocycles. The first-order chi connectivity index (χ1) is 19.2. The van der Waals surface area contributed by atoms with Crippen molar-refractivity contribution in [2.24, 2.45) is 0 Å². The second kappa shape index (κ2) is 11.3. The number of hydrogen-bond acceptors (Lipinski definition) is 8. The highest BCUT2D eigenvalue weighted by Gasteiger charge is 2.35. The van der Waals surface area contributed by atoms with Crippen molar-refractivity contribution >= 4 is 34.6 Å². The number of halogens is 3. The number of pyridine rings is 1. The molecular weight excluding hydrogens is 527 g/mol. The van der Waals surface area contributed by atoms with Gasteiger partial charge in [0.05, 0.1) is 24.3 Å². The van der Waals surface area contributed by atoms with Crippen molar-refractivity contribution in [1.29, 1.82) is 0 Å². The molecule has 0 radical (unpaired) electrons. The molecule has 0 spiro atoms. The highest BCUT2D eigenvalue weighted by molar-refractivity contribution is 5.94. The molecule has 40 heavy (non-hydrogen) atoms. The molecule has 0 atom stereocenters. The van der Waals surface area contributed by atoms with Gasteiger partial charge in [-0.2, -0.15) is 13.2 Å². The van der Waals surface area contributed by atoms with Gasteiger partial charge in [0, 0.05) is 55.5 Å². The van der Waals surface area contributed by atoms with Crippen molar-refractivity contribution in [1.82, 2.24) is 19.9 Å². The summed E-state index contributed by atoms with van der Waals surface area (Å²) in [5, 5.41) is 0.202. The molecule has 1 saturated heterocycles. The highest BCUT2D eigenvalue weighted by atomic mass is 19.4. The number of ether oxygens (including phenoxy) is 1. The summed E-state index contributed by atoms with van der Waals surface area (Å²) in [6.07, 6.45) is 2.53. The van der Waals surface area contributed by atoms with E-state index in [4.69, 9.17) is 14.9 Å². The molecule has 1 aromatic carbocycles. The van der Waals surface area contributed by atoms with Crippen molar-refractivity contribution in [2.75, 3.05) is 32.0 Å². The zero-order valence-corrected chi connectivity index (χ0v) is 21.1. The average Bonchev–Trinajstić information content (AvgIpc) is 3.38. The van der Waals surface area contributed by atoms with Gasteiger partial charge < -0.3 is 19.8 Å². The summed E-state index contributed by atoms with van der Waals surface area (Å²) in [5.41, 5.74) is 5.27. The van der Waals surface area contributed by atoms with Gasteiger partial charge in [-0.05, 0) is 48.0 Å². The number of allylic oxidation sites excluding steroid dienone is 1. The monoisotopic (exact) mass is 551 g/mol. The number of furan rings is 1. The van der Waals surface area contributed by atoms with Gasteiger partial charge in [-0.1, -0.05) is 0 Å². The highest BCUT2D eigenvalue weighted by Crippen LogP contribution is 2.39. The van der Waals surface area contributed by atoms with Gasteiger partial charge in [0.1, 0.15) is 17.2 Å². The summed E-state index contributed by atoms with van der Waals surface area (Å²) in [5.74, 6) is 0.133. The van der Waals surface area contributed by atoms with Crippen molar-refractivity contribution in [3.63, 3.8) is 0 Å². The number of aromatic nitrogens is 3. The number of amides is 1. The van der Waals surface area contributed by atoms with Crippen LogP contribution in [0.3, 0.4) is 0 Å². The molecule has 0 saturated carbocycles. The Balaban J connectivity index is 1.35. The van der Waals surface area contributed by atoms with Gasteiger partial charge in [0.15, 0.2) is 11.6 Å². The lowest BCUT2D eigenvalue weighted by Gasteiger charge is -2.26. The standard InChI is InChI=1S/C28H24F3N5O4/c29-28(30,31)23-13-19(26-34-15-20(16-35-26)27(38)36-7-9-39-10-8-36)11-18-12-22(40-25(18)23)5-4-21(37)3-1-17-2-6-24(32)33-14-17/h1-3,6,11-16H,4-5,7-10H2,(H2,32,33)/b3-1+. The lowest BCUT2D eigenvalue weighted by Crippen LogP contribution is -2.40. The van der Waals surface area contributed by atoms with Crippen molar-refractivity contribution in [3.8, 4) is 11.4 Å². The lowest BCUT2D eigenvalue weighted by molar-refractivity contribution is -0.136. The number of carbonyl (C=O) groups excluding carboxylic acids is 2. The molecule has 2 N–H and O–H groups in total. The second-order valence-corrected chi connectivity index (χ2v) is 9.17. The number of nitrogens with zero attached hydrogens (tertiary/aromatic N) is 4. The zero-order valence-electron chi connectivity index (χ0n) is 21.1. The van der Waals surface area contributed by atoms with E-state index in [1.807, 2.05) is 0 Å². The first-order valence-corrected chi connectivity index (χ1v) is 12.4. The van der Waals surface area contributed by atoms with Crippen LogP contribution in [0.25, 0.3) is 28.4 Å². The predicted octanol–water partition coefficient (Wildman–Crippen LogP) is 4.57. The normalized spacial score (nSPS) is 14.2. The summed E-state index contributed by atoms with van der Waals surface area (Å²) < 4.78 is 52.7. The summed E-state index contributed by atoms with van der Waals surface area (Å²) in [4.78, 5) is 38.8. The fourth-order valence-corrected chi connectivity index (χ4v) is 4.24. The number of anilines is 1. The lowest BCUT2D eigenvalue weighted by atomic mass is 10.1. The zero-order chi connectivity index (χ0) is 28.3. The molecule has 1 amide bonds. The predicted molar refractivity (Wildman–Crippen MR) is 140 cm³/mol. The topological polar surface area (TPSA) is 124 Å². The van der Waals surface area contributed by atoms with Crippen molar-refractivity contribution < 1.29 is 31.9 Å². The summed E-state index contributed by atoms with van der Waals surface area (Å²) in [6.45, 7) is 1.75. The number of nitrogens with two attached hydrogens (primary N) is 1. The number of morpholine rings is 1. The Morgan fingerprint density at radius 1 is 1.02 bits per heavy atom. The third kappa shape index (κ3) is 6.18. The van der Waals surface area contributed by atoms with E-state index in [0.29, 0.717) is 37.7 Å². The van der Waals surface area contributed by atoms with E-state index in [2.05, 4.69) is 15.0 Å². The number of benzene rings is 1. The molecule has 4 aromatic rings. The Morgan fingerprint density at radius 3 is 2.45 bits per heavy atom. The third-order valence-electron chi connectivity index (χ3n) is 6.32. The Labute approximate surface area is 226 Å². The van der Waals surface area contributed by atoms with E-state index < -0.39 is 11.7 Å². The Morgan fingerprint density at radius 2 is 1.77 bits per heavy atom. The molecule has 0 bridgehead atoms. The third-order valence-corrected chi connectivity index (χ3v) is 6.32. The van der Waals surface area contributed by atoms with Gasteiger partial charge in [-0.15, -0.1) is 0 Å². The number of nitrogen functional groups attached to an aromatic ring is 1. The molecule has 9 nitrogen and oxygen atoms in total. The molecule has 1 aliphatic rings. The smallest absolute Gasteiger partial charge is 0.420 e. The average molecular weight is 552 g/mol. The fourth-order valence-electron chi connectivity index (χ4n) is 4.24. The number of alkyl halides is 3. The number of aryl methyl sites for hydroxylation is 1. The van der Waals surface area contributed by atoms with Crippen LogP contribution >= 0.6 is 0 Å². The second-order valence-electron chi connectivity index (χ2n) is 9.17. The Kier molecular flexibility index (Phi) is 7.60. The molecule has 1 fully saturated rings. The Bertz CT molecular complexity index is 1560. The van der Waals surface area contributed by atoms with Gasteiger partial charge in [0.2, 0.25) is 0 Å². The number of fused-ring (bicyclic) bond motifs is 1. The van der Waals surface area contributed by atoms with Gasteiger partial charge in [-0.25, -0.2) is 15.0 Å². The van der Waals surface area contributed by atoms with E-state index in [1.54, 1.807) is 23.1 Å². The SMILES string of the molecule is Nc1ccc(/C=C/C(=O)CCc2cc3cc(-c4ncc(C(=O)N5CCOCC5)cn4)cc(C(F)(F)F)c3o2)cn1. The van der Waals surface area contributed by atoms with E-state index in [0.717, 1.165) is 6.07 Å². The maximum absolute atomic E-state index is 14.0. The first kappa shape index (κ1) is 27.0. The molecule has 12 heteroatoms. The Hall–Kier alpha value is -4.58.